The number of aliphatic carboxylic acids is 1. The van der Waals surface area contributed by atoms with E-state index >= 15 is 0 Å². The first-order chi connectivity index (χ1) is 9.08. The smallest absolute Gasteiger partial charge is 0.322 e. The van der Waals surface area contributed by atoms with E-state index < -0.39 is 12.0 Å². The third-order valence-electron chi connectivity index (χ3n) is 3.69. The molecule has 0 aliphatic carbocycles. The predicted molar refractivity (Wildman–Crippen MR) is 72.3 cm³/mol. The van der Waals surface area contributed by atoms with Crippen molar-refractivity contribution in [1.29, 1.82) is 0 Å². The summed E-state index contributed by atoms with van der Waals surface area (Å²) in [6, 6.07) is 5.36. The second kappa shape index (κ2) is 5.59. The molecule has 2 rings (SSSR count). The van der Waals surface area contributed by atoms with Crippen LogP contribution in [0, 0.1) is 0 Å². The fourth-order valence-corrected chi connectivity index (χ4v) is 2.62. The Morgan fingerprint density at radius 2 is 2.16 bits per heavy atom. The van der Waals surface area contributed by atoms with Crippen LogP contribution in [0.1, 0.15) is 30.9 Å². The van der Waals surface area contributed by atoms with Gasteiger partial charge in [-0.25, -0.2) is 5.43 Å². The number of carbonyl (C=O) groups is 1. The molecule has 0 bridgehead atoms. The largest absolute Gasteiger partial charge is 0.496 e. The first-order valence-electron chi connectivity index (χ1n) is 6.49. The monoisotopic (exact) mass is 264 g/mol. The average Bonchev–Trinajstić information content (AvgIpc) is 2.80. The number of hydrogen-bond acceptors (Lipinski definition) is 4. The Bertz CT molecular complexity index is 476. The summed E-state index contributed by atoms with van der Waals surface area (Å²) in [5, 5.41) is 9.31. The molecular formula is C14H20N2O3. The van der Waals surface area contributed by atoms with Crippen molar-refractivity contribution in [3.8, 4) is 5.75 Å². The molecule has 0 radical (unpaired) electrons. The van der Waals surface area contributed by atoms with Crippen LogP contribution in [0.3, 0.4) is 0 Å². The van der Waals surface area contributed by atoms with E-state index in [1.807, 2.05) is 25.1 Å². The molecular weight excluding hydrogens is 244 g/mol. The number of hydrazine groups is 1. The lowest BCUT2D eigenvalue weighted by Crippen LogP contribution is -2.38. The highest BCUT2D eigenvalue weighted by Gasteiger charge is 2.40. The third kappa shape index (κ3) is 2.57. The Kier molecular flexibility index (Phi) is 4.07. The van der Waals surface area contributed by atoms with Gasteiger partial charge in [-0.2, -0.15) is 0 Å². The van der Waals surface area contributed by atoms with Crippen LogP contribution in [0.4, 0.5) is 0 Å². The molecule has 5 nitrogen and oxygen atoms in total. The number of methoxy groups -OCH3 is 1. The van der Waals surface area contributed by atoms with Crippen molar-refractivity contribution >= 4 is 5.97 Å². The molecule has 0 aromatic heterocycles. The molecule has 19 heavy (non-hydrogen) atoms. The Morgan fingerprint density at radius 1 is 1.42 bits per heavy atom. The van der Waals surface area contributed by atoms with Gasteiger partial charge in [0.15, 0.2) is 0 Å². The molecule has 0 amide bonds. The second-order valence-corrected chi connectivity index (χ2v) is 4.85. The Labute approximate surface area is 112 Å². The lowest BCUT2D eigenvalue weighted by Gasteiger charge is -2.21. The van der Waals surface area contributed by atoms with Gasteiger partial charge in [-0.3, -0.25) is 10.2 Å². The summed E-state index contributed by atoms with van der Waals surface area (Å²) in [4.78, 5) is 11.3. The lowest BCUT2D eigenvalue weighted by molar-refractivity contribution is -0.139. The van der Waals surface area contributed by atoms with Gasteiger partial charge in [-0.15, -0.1) is 0 Å². The van der Waals surface area contributed by atoms with E-state index in [4.69, 9.17) is 4.74 Å². The highest BCUT2D eigenvalue weighted by atomic mass is 16.5. The van der Waals surface area contributed by atoms with Gasteiger partial charge in [-0.05, 0) is 25.0 Å². The van der Waals surface area contributed by atoms with E-state index in [1.165, 1.54) is 5.56 Å². The normalized spacial score (nSPS) is 26.4. The van der Waals surface area contributed by atoms with Gasteiger partial charge in [0.1, 0.15) is 11.8 Å². The zero-order valence-corrected chi connectivity index (χ0v) is 11.4. The van der Waals surface area contributed by atoms with Crippen molar-refractivity contribution in [3.05, 3.63) is 29.3 Å². The number of rotatable bonds is 4. The van der Waals surface area contributed by atoms with Gasteiger partial charge in [-0.1, -0.05) is 19.1 Å². The number of carboxylic acids is 1. The van der Waals surface area contributed by atoms with Crippen LogP contribution in [0.15, 0.2) is 18.2 Å². The molecule has 1 aliphatic heterocycles. The summed E-state index contributed by atoms with van der Waals surface area (Å²) in [5.41, 5.74) is 7.96. The van der Waals surface area contributed by atoms with Crippen LogP contribution in [0.2, 0.25) is 0 Å². The third-order valence-corrected chi connectivity index (χ3v) is 3.69. The molecule has 0 spiro atoms. The minimum Gasteiger partial charge on any atom is -0.496 e. The van der Waals surface area contributed by atoms with Gasteiger partial charge >= 0.3 is 5.97 Å². The number of benzene rings is 1. The van der Waals surface area contributed by atoms with Gasteiger partial charge in [0.05, 0.1) is 7.11 Å². The zero-order chi connectivity index (χ0) is 14.0. The molecule has 1 heterocycles. The maximum absolute atomic E-state index is 11.3. The van der Waals surface area contributed by atoms with Crippen LogP contribution >= 0.6 is 0 Å². The quantitative estimate of drug-likeness (QED) is 0.764. The van der Waals surface area contributed by atoms with E-state index in [9.17, 15) is 9.90 Å². The number of nitrogens with one attached hydrogen (secondary N) is 2. The van der Waals surface area contributed by atoms with Crippen molar-refractivity contribution in [2.45, 2.75) is 38.3 Å². The molecule has 3 N–H and O–H groups in total. The summed E-state index contributed by atoms with van der Waals surface area (Å²) in [6.07, 6.45) is 0.913. The molecule has 0 saturated carbocycles. The first-order valence-corrected chi connectivity index (χ1v) is 6.49. The van der Waals surface area contributed by atoms with E-state index in [0.29, 0.717) is 0 Å². The lowest BCUT2D eigenvalue weighted by atomic mass is 9.86. The fraction of sp³-hybridized carbons (Fsp3) is 0.500. The first kappa shape index (κ1) is 13.8. The molecule has 5 heteroatoms. The Balaban J connectivity index is 2.45. The van der Waals surface area contributed by atoms with Gasteiger partial charge < -0.3 is 9.84 Å². The summed E-state index contributed by atoms with van der Waals surface area (Å²) < 4.78 is 5.39. The van der Waals surface area contributed by atoms with Crippen LogP contribution in [-0.2, 0) is 11.2 Å². The van der Waals surface area contributed by atoms with E-state index in [0.717, 1.165) is 17.7 Å². The number of aryl methyl sites for hydroxylation is 1. The van der Waals surface area contributed by atoms with Crippen molar-refractivity contribution in [3.63, 3.8) is 0 Å². The predicted octanol–water partition coefficient (Wildman–Crippen LogP) is 1.29. The minimum absolute atomic E-state index is 0.0297. The summed E-state index contributed by atoms with van der Waals surface area (Å²) >= 11 is 0. The Hall–Kier alpha value is -1.59. The summed E-state index contributed by atoms with van der Waals surface area (Å²) in [5.74, 6) is -0.268. The average molecular weight is 264 g/mol. The molecule has 1 aromatic carbocycles. The summed E-state index contributed by atoms with van der Waals surface area (Å²) in [7, 11) is 1.61. The highest BCUT2D eigenvalue weighted by Crippen LogP contribution is 2.34. The molecule has 1 saturated heterocycles. The SMILES string of the molecule is CCc1ccc(OC)c(C2C(C)NNC2C(=O)O)c1. The van der Waals surface area contributed by atoms with Crippen molar-refractivity contribution < 1.29 is 14.6 Å². The molecule has 3 atom stereocenters. The van der Waals surface area contributed by atoms with Gasteiger partial charge in [0, 0.05) is 17.5 Å². The molecule has 104 valence electrons. The fourth-order valence-electron chi connectivity index (χ4n) is 2.62. The number of carboxylic acid groups (broad SMARTS) is 1. The molecule has 1 fully saturated rings. The van der Waals surface area contributed by atoms with E-state index in [1.54, 1.807) is 7.11 Å². The van der Waals surface area contributed by atoms with Crippen molar-refractivity contribution in [2.24, 2.45) is 0 Å². The standard InChI is InChI=1S/C14H20N2O3/c1-4-9-5-6-11(19-3)10(7-9)12-8(2)15-16-13(12)14(17)18/h5-8,12-13,15-16H,4H2,1-3H3,(H,17,18). The van der Waals surface area contributed by atoms with Crippen molar-refractivity contribution in [1.82, 2.24) is 10.9 Å². The van der Waals surface area contributed by atoms with Crippen molar-refractivity contribution in [2.75, 3.05) is 7.11 Å². The van der Waals surface area contributed by atoms with Crippen LogP contribution < -0.4 is 15.6 Å². The number of ether oxygens (including phenoxy) is 1. The van der Waals surface area contributed by atoms with Gasteiger partial charge in [0.25, 0.3) is 0 Å². The second-order valence-electron chi connectivity index (χ2n) is 4.85. The molecule has 1 aliphatic rings. The Morgan fingerprint density at radius 3 is 2.74 bits per heavy atom. The topological polar surface area (TPSA) is 70.6 Å². The maximum Gasteiger partial charge on any atom is 0.322 e. The van der Waals surface area contributed by atoms with Gasteiger partial charge in [0.2, 0.25) is 0 Å². The van der Waals surface area contributed by atoms with Crippen LogP contribution in [0.5, 0.6) is 5.75 Å². The highest BCUT2D eigenvalue weighted by molar-refractivity contribution is 5.76. The minimum atomic E-state index is -0.856. The van der Waals surface area contributed by atoms with Crippen LogP contribution in [0.25, 0.3) is 0 Å². The van der Waals surface area contributed by atoms with Crippen LogP contribution in [-0.4, -0.2) is 30.3 Å². The zero-order valence-electron chi connectivity index (χ0n) is 11.4. The maximum atomic E-state index is 11.3. The summed E-state index contributed by atoms with van der Waals surface area (Å²) in [6.45, 7) is 4.05. The molecule has 1 aromatic rings. The number of hydrogen-bond donors (Lipinski definition) is 3. The van der Waals surface area contributed by atoms with E-state index in [2.05, 4.69) is 17.8 Å². The molecule has 3 unspecified atom stereocenters. The van der Waals surface area contributed by atoms with E-state index in [-0.39, 0.29) is 12.0 Å².